The Balaban J connectivity index is 2.41. The standard InChI is InChI=1S/C7H11N3O3/c11-6(12)2-4-8-5-1-3-9-7(13)10-5/h1,3,6,11-12H,2,4H2,(H2,8,9,10,13). The molecule has 1 aromatic heterocycles. The van der Waals surface area contributed by atoms with Crippen LogP contribution in [0.3, 0.4) is 0 Å². The molecule has 0 aliphatic carbocycles. The first-order chi connectivity index (χ1) is 6.18. The predicted molar refractivity (Wildman–Crippen MR) is 46.2 cm³/mol. The zero-order valence-electron chi connectivity index (χ0n) is 6.90. The Kier molecular flexibility index (Phi) is 3.41. The van der Waals surface area contributed by atoms with Crippen LogP contribution in [0.4, 0.5) is 5.82 Å². The number of aliphatic hydroxyl groups excluding tert-OH is 1. The van der Waals surface area contributed by atoms with E-state index in [4.69, 9.17) is 10.2 Å². The lowest BCUT2D eigenvalue weighted by Gasteiger charge is -2.05. The molecular formula is C7H11N3O3. The second kappa shape index (κ2) is 4.58. The van der Waals surface area contributed by atoms with E-state index < -0.39 is 12.0 Å². The molecule has 1 heterocycles. The first-order valence-corrected chi connectivity index (χ1v) is 3.84. The number of aromatic amines is 1. The zero-order valence-corrected chi connectivity index (χ0v) is 6.90. The van der Waals surface area contributed by atoms with Crippen LogP contribution in [0.5, 0.6) is 0 Å². The fraction of sp³-hybridized carbons (Fsp3) is 0.429. The van der Waals surface area contributed by atoms with Crippen molar-refractivity contribution in [2.45, 2.75) is 12.7 Å². The molecule has 0 aliphatic heterocycles. The molecular weight excluding hydrogens is 174 g/mol. The molecule has 6 heteroatoms. The third-order valence-corrected chi connectivity index (χ3v) is 1.38. The highest BCUT2D eigenvalue weighted by Gasteiger charge is 1.97. The van der Waals surface area contributed by atoms with Crippen LogP contribution in [0.25, 0.3) is 0 Å². The van der Waals surface area contributed by atoms with Gasteiger partial charge in [-0.05, 0) is 6.07 Å². The molecule has 0 saturated heterocycles. The maximum atomic E-state index is 10.7. The molecule has 0 amide bonds. The van der Waals surface area contributed by atoms with Gasteiger partial charge in [-0.1, -0.05) is 0 Å². The van der Waals surface area contributed by atoms with Crippen LogP contribution >= 0.6 is 0 Å². The highest BCUT2D eigenvalue weighted by Crippen LogP contribution is 1.96. The number of H-pyrrole nitrogens is 1. The number of anilines is 1. The van der Waals surface area contributed by atoms with Crippen molar-refractivity contribution in [2.24, 2.45) is 0 Å². The second-order valence-electron chi connectivity index (χ2n) is 2.48. The molecule has 72 valence electrons. The molecule has 0 atom stereocenters. The molecule has 0 aliphatic rings. The fourth-order valence-corrected chi connectivity index (χ4v) is 0.799. The van der Waals surface area contributed by atoms with Crippen molar-refractivity contribution >= 4 is 5.82 Å². The number of hydrogen-bond acceptors (Lipinski definition) is 5. The number of nitrogens with one attached hydrogen (secondary N) is 2. The van der Waals surface area contributed by atoms with Crippen LogP contribution in [0.2, 0.25) is 0 Å². The zero-order chi connectivity index (χ0) is 9.68. The molecule has 0 radical (unpaired) electrons. The molecule has 0 bridgehead atoms. The van der Waals surface area contributed by atoms with Gasteiger partial charge in [0.2, 0.25) is 0 Å². The first kappa shape index (κ1) is 9.69. The van der Waals surface area contributed by atoms with Crippen molar-refractivity contribution in [3.63, 3.8) is 0 Å². The number of aliphatic hydroxyl groups is 2. The molecule has 0 aromatic carbocycles. The summed E-state index contributed by atoms with van der Waals surface area (Å²) in [5, 5.41) is 19.8. The first-order valence-electron chi connectivity index (χ1n) is 3.84. The van der Waals surface area contributed by atoms with Crippen molar-refractivity contribution in [3.05, 3.63) is 22.7 Å². The van der Waals surface area contributed by atoms with Gasteiger partial charge in [0.25, 0.3) is 0 Å². The molecule has 0 spiro atoms. The van der Waals surface area contributed by atoms with Gasteiger partial charge in [-0.3, -0.25) is 0 Å². The molecule has 0 saturated carbocycles. The lowest BCUT2D eigenvalue weighted by molar-refractivity contribution is -0.0423. The third-order valence-electron chi connectivity index (χ3n) is 1.38. The van der Waals surface area contributed by atoms with Gasteiger partial charge in [-0.2, -0.15) is 4.98 Å². The van der Waals surface area contributed by atoms with Crippen molar-refractivity contribution in [3.8, 4) is 0 Å². The average Bonchev–Trinajstić information content (AvgIpc) is 2.03. The van der Waals surface area contributed by atoms with E-state index in [0.717, 1.165) is 0 Å². The Morgan fingerprint density at radius 3 is 3.00 bits per heavy atom. The number of nitrogens with zero attached hydrogens (tertiary/aromatic N) is 1. The van der Waals surface area contributed by atoms with Crippen LogP contribution < -0.4 is 11.0 Å². The van der Waals surface area contributed by atoms with Crippen molar-refractivity contribution in [1.29, 1.82) is 0 Å². The van der Waals surface area contributed by atoms with Crippen molar-refractivity contribution < 1.29 is 10.2 Å². The Morgan fingerprint density at radius 1 is 1.62 bits per heavy atom. The topological polar surface area (TPSA) is 98.2 Å². The van der Waals surface area contributed by atoms with Gasteiger partial charge in [-0.15, -0.1) is 0 Å². The Hall–Kier alpha value is -1.40. The maximum Gasteiger partial charge on any atom is 0.346 e. The van der Waals surface area contributed by atoms with E-state index in [1.807, 2.05) is 0 Å². The van der Waals surface area contributed by atoms with Crippen LogP contribution in [0, 0.1) is 0 Å². The lowest BCUT2D eigenvalue weighted by atomic mass is 10.4. The molecule has 1 rings (SSSR count). The van der Waals surface area contributed by atoms with E-state index in [1.54, 1.807) is 6.07 Å². The van der Waals surface area contributed by atoms with Gasteiger partial charge in [0.15, 0.2) is 6.29 Å². The largest absolute Gasteiger partial charge is 0.370 e. The summed E-state index contributed by atoms with van der Waals surface area (Å²) in [6.07, 6.45) is 0.316. The van der Waals surface area contributed by atoms with E-state index in [1.165, 1.54) is 6.20 Å². The summed E-state index contributed by atoms with van der Waals surface area (Å²) in [6.45, 7) is 0.355. The third kappa shape index (κ3) is 3.68. The Bertz CT molecular complexity index is 310. The summed E-state index contributed by atoms with van der Waals surface area (Å²) in [7, 11) is 0. The normalized spacial score (nSPS) is 10.4. The van der Waals surface area contributed by atoms with Crippen LogP contribution in [0.1, 0.15) is 6.42 Å². The van der Waals surface area contributed by atoms with Gasteiger partial charge in [0.05, 0.1) is 0 Å². The molecule has 6 nitrogen and oxygen atoms in total. The summed E-state index contributed by atoms with van der Waals surface area (Å²) >= 11 is 0. The summed E-state index contributed by atoms with van der Waals surface area (Å²) in [5.41, 5.74) is -0.436. The van der Waals surface area contributed by atoms with E-state index in [2.05, 4.69) is 15.3 Å². The van der Waals surface area contributed by atoms with Crippen molar-refractivity contribution in [1.82, 2.24) is 9.97 Å². The summed E-state index contributed by atoms with van der Waals surface area (Å²) in [6, 6.07) is 1.59. The minimum Gasteiger partial charge on any atom is -0.370 e. The van der Waals surface area contributed by atoms with E-state index in [9.17, 15) is 4.79 Å². The highest BCUT2D eigenvalue weighted by atomic mass is 16.5. The molecule has 1 aromatic rings. The molecule has 13 heavy (non-hydrogen) atoms. The number of rotatable bonds is 4. The smallest absolute Gasteiger partial charge is 0.346 e. The lowest BCUT2D eigenvalue weighted by Crippen LogP contribution is -2.16. The van der Waals surface area contributed by atoms with Crippen molar-refractivity contribution in [2.75, 3.05) is 11.9 Å². The van der Waals surface area contributed by atoms with E-state index in [0.29, 0.717) is 12.4 Å². The average molecular weight is 185 g/mol. The Morgan fingerprint density at radius 2 is 2.38 bits per heavy atom. The maximum absolute atomic E-state index is 10.7. The van der Waals surface area contributed by atoms with Gasteiger partial charge >= 0.3 is 5.69 Å². The SMILES string of the molecule is O=c1nc(NCCC(O)O)cc[nH]1. The molecule has 0 unspecified atom stereocenters. The second-order valence-corrected chi connectivity index (χ2v) is 2.48. The minimum absolute atomic E-state index is 0.189. The minimum atomic E-state index is -1.34. The Labute approximate surface area is 74.3 Å². The van der Waals surface area contributed by atoms with E-state index in [-0.39, 0.29) is 6.42 Å². The fourth-order valence-electron chi connectivity index (χ4n) is 0.799. The van der Waals surface area contributed by atoms with Crippen LogP contribution in [-0.4, -0.2) is 33.0 Å². The summed E-state index contributed by atoms with van der Waals surface area (Å²) in [5.74, 6) is 0.421. The highest BCUT2D eigenvalue weighted by molar-refractivity contribution is 5.31. The molecule has 0 fully saturated rings. The van der Waals surface area contributed by atoms with Gasteiger partial charge in [0.1, 0.15) is 5.82 Å². The van der Waals surface area contributed by atoms with Gasteiger partial charge in [-0.25, -0.2) is 4.79 Å². The number of aromatic nitrogens is 2. The van der Waals surface area contributed by atoms with Crippen LogP contribution in [0.15, 0.2) is 17.1 Å². The summed E-state index contributed by atoms with van der Waals surface area (Å²) < 4.78 is 0. The van der Waals surface area contributed by atoms with E-state index >= 15 is 0 Å². The predicted octanol–water partition coefficient (Wildman–Crippen LogP) is -1.12. The molecule has 4 N–H and O–H groups in total. The van der Waals surface area contributed by atoms with Crippen LogP contribution in [-0.2, 0) is 0 Å². The van der Waals surface area contributed by atoms with Gasteiger partial charge in [0, 0.05) is 19.2 Å². The quantitative estimate of drug-likeness (QED) is 0.445. The monoisotopic (exact) mass is 185 g/mol. The number of hydrogen-bond donors (Lipinski definition) is 4. The summed E-state index contributed by atoms with van der Waals surface area (Å²) in [4.78, 5) is 16.6. The van der Waals surface area contributed by atoms with Gasteiger partial charge < -0.3 is 20.5 Å².